The van der Waals surface area contributed by atoms with E-state index in [1.165, 1.54) is 0 Å². The third-order valence-corrected chi connectivity index (χ3v) is 2.72. The van der Waals surface area contributed by atoms with Crippen molar-refractivity contribution in [3.05, 3.63) is 53.6 Å². The van der Waals surface area contributed by atoms with E-state index in [1.54, 1.807) is 19.2 Å². The van der Waals surface area contributed by atoms with Crippen LogP contribution in [0.1, 0.15) is 11.1 Å². The summed E-state index contributed by atoms with van der Waals surface area (Å²) in [6.45, 7) is 1.98. The second-order valence-corrected chi connectivity index (χ2v) is 4.17. The number of nitrogens with two attached hydrogens (primary N) is 1. The van der Waals surface area contributed by atoms with Crippen molar-refractivity contribution in [3.8, 4) is 17.2 Å². The van der Waals surface area contributed by atoms with Crippen LogP contribution in [0.15, 0.2) is 42.5 Å². The van der Waals surface area contributed by atoms with Crippen LogP contribution in [0.4, 0.5) is 0 Å². The van der Waals surface area contributed by atoms with E-state index in [4.69, 9.17) is 20.6 Å². The molecule has 0 spiro atoms. The van der Waals surface area contributed by atoms with Gasteiger partial charge in [-0.15, -0.1) is 0 Å². The summed E-state index contributed by atoms with van der Waals surface area (Å²) in [5.41, 5.74) is 7.18. The molecule has 98 valence electrons. The van der Waals surface area contributed by atoms with Gasteiger partial charge in [-0.05, 0) is 36.8 Å². The first-order valence-corrected chi connectivity index (χ1v) is 5.87. The van der Waals surface area contributed by atoms with Crippen molar-refractivity contribution in [2.24, 2.45) is 5.73 Å². The van der Waals surface area contributed by atoms with Gasteiger partial charge in [-0.3, -0.25) is 5.41 Å². The Morgan fingerprint density at radius 1 is 1.05 bits per heavy atom. The molecule has 0 atom stereocenters. The summed E-state index contributed by atoms with van der Waals surface area (Å²) in [5, 5.41) is 7.54. The Kier molecular flexibility index (Phi) is 3.71. The third-order valence-electron chi connectivity index (χ3n) is 2.72. The second-order valence-electron chi connectivity index (χ2n) is 4.17. The summed E-state index contributed by atoms with van der Waals surface area (Å²) in [6, 6.07) is 12.8. The van der Waals surface area contributed by atoms with Gasteiger partial charge in [0.05, 0.1) is 12.7 Å². The Hall–Kier alpha value is -2.49. The number of amidine groups is 1. The van der Waals surface area contributed by atoms with Gasteiger partial charge < -0.3 is 15.2 Å². The maximum absolute atomic E-state index is 7.54. The first-order valence-electron chi connectivity index (χ1n) is 5.87. The molecule has 2 aromatic carbocycles. The fourth-order valence-corrected chi connectivity index (χ4v) is 1.76. The smallest absolute Gasteiger partial charge is 0.169 e. The molecule has 4 heteroatoms. The zero-order valence-electron chi connectivity index (χ0n) is 10.9. The van der Waals surface area contributed by atoms with Gasteiger partial charge >= 0.3 is 0 Å². The molecule has 3 N–H and O–H groups in total. The predicted octanol–water partition coefficient (Wildman–Crippen LogP) is 3.08. The molecule has 0 fully saturated rings. The molecular weight excluding hydrogens is 240 g/mol. The summed E-state index contributed by atoms with van der Waals surface area (Å²) in [4.78, 5) is 0. The normalized spacial score (nSPS) is 10.0. The molecule has 0 heterocycles. The largest absolute Gasteiger partial charge is 0.493 e. The predicted molar refractivity (Wildman–Crippen MR) is 75.3 cm³/mol. The van der Waals surface area contributed by atoms with Gasteiger partial charge in [-0.2, -0.15) is 0 Å². The van der Waals surface area contributed by atoms with Crippen molar-refractivity contribution < 1.29 is 9.47 Å². The maximum Gasteiger partial charge on any atom is 0.169 e. The van der Waals surface area contributed by atoms with Crippen molar-refractivity contribution >= 4 is 5.84 Å². The standard InChI is InChI=1S/C15H16N2O2/c1-10-7-8-13(14(9-10)18-2)19-12-6-4-3-5-11(12)15(16)17/h3-9H,1-2H3,(H3,16,17). The Labute approximate surface area is 112 Å². The zero-order chi connectivity index (χ0) is 13.8. The van der Waals surface area contributed by atoms with Crippen LogP contribution in [-0.2, 0) is 0 Å². The SMILES string of the molecule is COc1cc(C)ccc1Oc1ccccc1C(=N)N. The number of hydrogen-bond donors (Lipinski definition) is 2. The van der Waals surface area contributed by atoms with E-state index in [0.717, 1.165) is 5.56 Å². The van der Waals surface area contributed by atoms with Crippen molar-refractivity contribution in [2.75, 3.05) is 7.11 Å². The summed E-state index contributed by atoms with van der Waals surface area (Å²) in [7, 11) is 1.60. The number of para-hydroxylation sites is 1. The Morgan fingerprint density at radius 2 is 1.79 bits per heavy atom. The Balaban J connectivity index is 2.39. The highest BCUT2D eigenvalue weighted by Gasteiger charge is 2.10. The summed E-state index contributed by atoms with van der Waals surface area (Å²) in [6.07, 6.45) is 0. The molecule has 2 aromatic rings. The second kappa shape index (κ2) is 5.44. The van der Waals surface area contributed by atoms with Crippen molar-refractivity contribution in [1.82, 2.24) is 0 Å². The van der Waals surface area contributed by atoms with Crippen molar-refractivity contribution in [1.29, 1.82) is 5.41 Å². The minimum atomic E-state index is -0.0262. The van der Waals surface area contributed by atoms with E-state index in [2.05, 4.69) is 0 Å². The maximum atomic E-state index is 7.54. The molecule has 0 aliphatic carbocycles. The first kappa shape index (κ1) is 13.0. The molecule has 4 nitrogen and oxygen atoms in total. The first-order chi connectivity index (χ1) is 9.11. The van der Waals surface area contributed by atoms with E-state index >= 15 is 0 Å². The molecule has 19 heavy (non-hydrogen) atoms. The monoisotopic (exact) mass is 256 g/mol. The fourth-order valence-electron chi connectivity index (χ4n) is 1.76. The van der Waals surface area contributed by atoms with E-state index in [0.29, 0.717) is 22.8 Å². The average Bonchev–Trinajstić information content (AvgIpc) is 2.41. The Bertz CT molecular complexity index is 609. The third kappa shape index (κ3) is 2.85. The van der Waals surface area contributed by atoms with Crippen LogP contribution in [0.2, 0.25) is 0 Å². The van der Waals surface area contributed by atoms with Gasteiger partial charge in [-0.25, -0.2) is 0 Å². The molecule has 0 saturated carbocycles. The molecular formula is C15H16N2O2. The fraction of sp³-hybridized carbons (Fsp3) is 0.133. The summed E-state index contributed by atoms with van der Waals surface area (Å²) in [5.74, 6) is 1.76. The Morgan fingerprint density at radius 3 is 2.47 bits per heavy atom. The number of ether oxygens (including phenoxy) is 2. The highest BCUT2D eigenvalue weighted by Crippen LogP contribution is 2.33. The molecule has 0 saturated heterocycles. The van der Waals surface area contributed by atoms with Crippen LogP contribution in [0.25, 0.3) is 0 Å². The lowest BCUT2D eigenvalue weighted by Gasteiger charge is -2.13. The van der Waals surface area contributed by atoms with Gasteiger partial charge in [0.25, 0.3) is 0 Å². The molecule has 0 aliphatic rings. The van der Waals surface area contributed by atoms with Crippen LogP contribution < -0.4 is 15.2 Å². The minimum absolute atomic E-state index is 0.0262. The van der Waals surface area contributed by atoms with Crippen LogP contribution in [0, 0.1) is 12.3 Å². The molecule has 0 aromatic heterocycles. The van der Waals surface area contributed by atoms with Crippen molar-refractivity contribution in [3.63, 3.8) is 0 Å². The van der Waals surface area contributed by atoms with Gasteiger partial charge in [0.15, 0.2) is 11.5 Å². The van der Waals surface area contributed by atoms with Crippen LogP contribution >= 0.6 is 0 Å². The van der Waals surface area contributed by atoms with Gasteiger partial charge in [0.2, 0.25) is 0 Å². The average molecular weight is 256 g/mol. The number of benzene rings is 2. The van der Waals surface area contributed by atoms with Gasteiger partial charge in [0, 0.05) is 0 Å². The highest BCUT2D eigenvalue weighted by molar-refractivity contribution is 5.97. The van der Waals surface area contributed by atoms with E-state index < -0.39 is 0 Å². The topological polar surface area (TPSA) is 68.3 Å². The number of methoxy groups -OCH3 is 1. The summed E-state index contributed by atoms with van der Waals surface area (Å²) < 4.78 is 11.1. The van der Waals surface area contributed by atoms with E-state index in [9.17, 15) is 0 Å². The number of nitrogens with one attached hydrogen (secondary N) is 1. The molecule has 0 bridgehead atoms. The quantitative estimate of drug-likeness (QED) is 0.652. The molecule has 0 radical (unpaired) electrons. The molecule has 2 rings (SSSR count). The number of aryl methyl sites for hydroxylation is 1. The molecule has 0 amide bonds. The zero-order valence-corrected chi connectivity index (χ0v) is 10.9. The molecule has 0 aliphatic heterocycles. The number of nitrogen functional groups attached to an aromatic ring is 1. The number of rotatable bonds is 4. The van der Waals surface area contributed by atoms with Crippen molar-refractivity contribution in [2.45, 2.75) is 6.92 Å². The van der Waals surface area contributed by atoms with Crippen LogP contribution in [-0.4, -0.2) is 12.9 Å². The van der Waals surface area contributed by atoms with Gasteiger partial charge in [-0.1, -0.05) is 18.2 Å². The van der Waals surface area contributed by atoms with Gasteiger partial charge in [0.1, 0.15) is 11.6 Å². The molecule has 0 unspecified atom stereocenters. The lowest BCUT2D eigenvalue weighted by molar-refractivity contribution is 0.378. The van der Waals surface area contributed by atoms with E-state index in [1.807, 2.05) is 37.3 Å². The lowest BCUT2D eigenvalue weighted by Crippen LogP contribution is -2.12. The summed E-state index contributed by atoms with van der Waals surface area (Å²) >= 11 is 0. The number of hydrogen-bond acceptors (Lipinski definition) is 3. The van der Waals surface area contributed by atoms with E-state index in [-0.39, 0.29) is 5.84 Å². The highest BCUT2D eigenvalue weighted by atomic mass is 16.5. The lowest BCUT2D eigenvalue weighted by atomic mass is 10.2. The van der Waals surface area contributed by atoms with Crippen LogP contribution in [0.5, 0.6) is 17.2 Å². The minimum Gasteiger partial charge on any atom is -0.493 e. The van der Waals surface area contributed by atoms with Crippen LogP contribution in [0.3, 0.4) is 0 Å².